The fourth-order valence-corrected chi connectivity index (χ4v) is 8.72. The molecule has 276 valence electrons. The Bertz CT molecular complexity index is 1640. The van der Waals surface area contributed by atoms with Crippen molar-refractivity contribution in [1.29, 1.82) is 0 Å². The number of guanidine groups is 2. The van der Waals surface area contributed by atoms with Crippen molar-refractivity contribution in [3.8, 4) is 0 Å². The van der Waals surface area contributed by atoms with Crippen molar-refractivity contribution in [3.63, 3.8) is 0 Å². The van der Waals surface area contributed by atoms with Gasteiger partial charge in [0.1, 0.15) is 6.15 Å². The lowest BCUT2D eigenvalue weighted by Gasteiger charge is -2.44. The highest BCUT2D eigenvalue weighted by atomic mass is 35.5. The van der Waals surface area contributed by atoms with Crippen molar-refractivity contribution in [2.45, 2.75) is 76.3 Å². The Morgan fingerprint density at radius 3 is 1.35 bits per heavy atom. The van der Waals surface area contributed by atoms with Crippen LogP contribution < -0.4 is 32.5 Å². The molecule has 4 aromatic carbocycles. The average Bonchev–Trinajstić information content (AvgIpc) is 3.12. The van der Waals surface area contributed by atoms with Crippen LogP contribution in [0, 0.1) is 0 Å². The lowest BCUT2D eigenvalue weighted by atomic mass is 9.13. The maximum absolute atomic E-state index is 6.44. The molecular formula is C42H52BCl4N5. The van der Waals surface area contributed by atoms with E-state index in [-0.39, 0.29) is 0 Å². The van der Waals surface area contributed by atoms with Gasteiger partial charge in [-0.25, -0.2) is 10.3 Å². The number of halogens is 4. The first-order valence-electron chi connectivity index (χ1n) is 18.6. The Kier molecular flexibility index (Phi) is 14.8. The molecule has 0 amide bonds. The van der Waals surface area contributed by atoms with Crippen LogP contribution in [0.3, 0.4) is 0 Å². The summed E-state index contributed by atoms with van der Waals surface area (Å²) in [7, 11) is 8.28. The number of hydrogen-bond acceptors (Lipinski definition) is 1. The van der Waals surface area contributed by atoms with Gasteiger partial charge >= 0.3 is 5.96 Å². The van der Waals surface area contributed by atoms with Gasteiger partial charge in [-0.05, 0) is 49.9 Å². The molecule has 5 nitrogen and oxygen atoms in total. The third kappa shape index (κ3) is 10.5. The monoisotopic (exact) mass is 777 g/mol. The van der Waals surface area contributed by atoms with E-state index in [1.54, 1.807) is 0 Å². The van der Waals surface area contributed by atoms with Gasteiger partial charge in [0.25, 0.3) is 5.96 Å². The third-order valence-electron chi connectivity index (χ3n) is 10.3. The number of aliphatic imine (C=N–C) groups is 1. The zero-order chi connectivity index (χ0) is 37.1. The van der Waals surface area contributed by atoms with Gasteiger partial charge < -0.3 is 5.32 Å². The molecule has 2 saturated carbocycles. The molecule has 6 rings (SSSR count). The fourth-order valence-electron chi connectivity index (χ4n) is 7.93. The minimum Gasteiger partial charge on any atom is -0.340 e. The number of benzene rings is 4. The van der Waals surface area contributed by atoms with Gasteiger partial charge in [0.2, 0.25) is 0 Å². The predicted octanol–water partition coefficient (Wildman–Crippen LogP) is 8.05. The zero-order valence-electron chi connectivity index (χ0n) is 30.9. The van der Waals surface area contributed by atoms with E-state index in [2.05, 4.69) is 72.6 Å². The maximum Gasteiger partial charge on any atom is 0.354 e. The summed E-state index contributed by atoms with van der Waals surface area (Å²) in [6.45, 7) is 0. The van der Waals surface area contributed by atoms with Crippen molar-refractivity contribution in [1.82, 2.24) is 15.5 Å². The molecule has 2 fully saturated rings. The molecule has 0 bridgehead atoms. The van der Waals surface area contributed by atoms with E-state index >= 15 is 0 Å². The van der Waals surface area contributed by atoms with Crippen molar-refractivity contribution in [2.75, 3.05) is 28.2 Å². The van der Waals surface area contributed by atoms with Gasteiger partial charge in [-0.3, -0.25) is 9.48 Å². The summed E-state index contributed by atoms with van der Waals surface area (Å²) < 4.78 is 2.11. The third-order valence-corrected chi connectivity index (χ3v) is 11.2. The Balaban J connectivity index is 0.000000207. The molecule has 0 aromatic heterocycles. The number of hydrogen-bond donors (Lipinski definition) is 2. The zero-order valence-corrected chi connectivity index (χ0v) is 33.9. The average molecular weight is 780 g/mol. The molecule has 4 aromatic rings. The van der Waals surface area contributed by atoms with Gasteiger partial charge in [-0.1, -0.05) is 158 Å². The van der Waals surface area contributed by atoms with E-state index in [1.165, 1.54) is 64.2 Å². The number of nitrogens with one attached hydrogen (secondary N) is 2. The predicted molar refractivity (Wildman–Crippen MR) is 228 cm³/mol. The Labute approximate surface area is 331 Å². The van der Waals surface area contributed by atoms with Crippen LogP contribution in [-0.2, 0) is 0 Å². The normalized spacial score (nSPS) is 15.7. The van der Waals surface area contributed by atoms with Gasteiger partial charge in [0.05, 0.1) is 34.2 Å². The molecular weight excluding hydrogens is 727 g/mol. The highest BCUT2D eigenvalue weighted by Gasteiger charge is 2.32. The fraction of sp³-hybridized carbons (Fsp3) is 0.381. The molecule has 0 spiro atoms. The standard InChI is InChI=1S/C24H16BCl4.C18H35N5/c26-21-9-1-5-17(13-21)25(18-6-2-10-22(27)14-18,19-7-3-11-23(28)15-19)20-8-4-12-24(29)16-20;1-22(2)18(23(3)4)21-17(19-15-11-7-5-8-12-15)20-16-13-9-6-10-14-16/h1-16H;15-16H,5-14H2,1-4H3,(H,19,20)/q-1;/p+1. The van der Waals surface area contributed by atoms with Gasteiger partial charge in [-0.2, -0.15) is 21.9 Å². The number of nitrogens with zero attached hydrogens (tertiary/aromatic N) is 3. The molecule has 0 aliphatic heterocycles. The molecule has 0 unspecified atom stereocenters. The summed E-state index contributed by atoms with van der Waals surface area (Å²) in [4.78, 5) is 7.16. The van der Waals surface area contributed by atoms with Crippen molar-refractivity contribution in [3.05, 3.63) is 117 Å². The van der Waals surface area contributed by atoms with Crippen molar-refractivity contribution < 1.29 is 4.58 Å². The van der Waals surface area contributed by atoms with Crippen LogP contribution in [0.2, 0.25) is 20.1 Å². The Morgan fingerprint density at radius 1 is 0.615 bits per heavy atom. The summed E-state index contributed by atoms with van der Waals surface area (Å²) in [6.07, 6.45) is 11.5. The van der Waals surface area contributed by atoms with Gasteiger partial charge in [0, 0.05) is 26.1 Å². The second-order valence-electron chi connectivity index (χ2n) is 14.6. The highest BCUT2D eigenvalue weighted by molar-refractivity contribution is 7.20. The first-order valence-corrected chi connectivity index (χ1v) is 20.1. The van der Waals surface area contributed by atoms with E-state index in [0.717, 1.165) is 33.8 Å². The quantitative estimate of drug-likeness (QED) is 0.0902. The summed E-state index contributed by atoms with van der Waals surface area (Å²) in [6, 6.07) is 32.8. The molecule has 0 heterocycles. The molecule has 0 atom stereocenters. The van der Waals surface area contributed by atoms with Crippen LogP contribution in [0.15, 0.2) is 102 Å². The van der Waals surface area contributed by atoms with E-state index in [0.29, 0.717) is 32.2 Å². The molecule has 2 N–H and O–H groups in total. The maximum atomic E-state index is 6.44. The van der Waals surface area contributed by atoms with Crippen LogP contribution in [0.4, 0.5) is 0 Å². The molecule has 10 heteroatoms. The lowest BCUT2D eigenvalue weighted by molar-refractivity contribution is -0.471. The van der Waals surface area contributed by atoms with Crippen LogP contribution in [0.1, 0.15) is 64.2 Å². The Morgan fingerprint density at radius 2 is 1.00 bits per heavy atom. The van der Waals surface area contributed by atoms with Crippen LogP contribution in [0.5, 0.6) is 0 Å². The number of rotatable bonds is 6. The summed E-state index contributed by atoms with van der Waals surface area (Å²) in [5, 5.41) is 9.93. The van der Waals surface area contributed by atoms with Gasteiger partial charge in [-0.15, -0.1) is 0 Å². The smallest absolute Gasteiger partial charge is 0.340 e. The second-order valence-corrected chi connectivity index (χ2v) is 16.3. The molecule has 2 aliphatic rings. The topological polar surface area (TPSA) is 42.7 Å². The largest absolute Gasteiger partial charge is 0.354 e. The molecule has 0 saturated heterocycles. The molecule has 2 aliphatic carbocycles. The first-order chi connectivity index (χ1) is 25.1. The Hall–Kier alpha value is -3.16. The van der Waals surface area contributed by atoms with E-state index < -0.39 is 6.15 Å². The summed E-state index contributed by atoms with van der Waals surface area (Å²) >= 11 is 25.8. The molecule has 52 heavy (non-hydrogen) atoms. The minimum absolute atomic E-state index is 0.480. The molecule has 0 radical (unpaired) electrons. The van der Waals surface area contributed by atoms with Crippen molar-refractivity contribution >= 4 is 86.3 Å². The minimum atomic E-state index is -1.63. The second kappa shape index (κ2) is 19.3. The highest BCUT2D eigenvalue weighted by Crippen LogP contribution is 2.22. The van der Waals surface area contributed by atoms with Crippen LogP contribution in [-0.4, -0.2) is 67.8 Å². The van der Waals surface area contributed by atoms with Gasteiger partial charge in [0.15, 0.2) is 0 Å². The summed E-state index contributed by atoms with van der Waals surface area (Å²) in [5.41, 5.74) is 4.24. The van der Waals surface area contributed by atoms with E-state index in [4.69, 9.17) is 51.4 Å². The lowest BCUT2D eigenvalue weighted by Crippen LogP contribution is -2.74. The van der Waals surface area contributed by atoms with Crippen molar-refractivity contribution in [2.24, 2.45) is 4.99 Å². The van der Waals surface area contributed by atoms with Crippen LogP contribution in [0.25, 0.3) is 0 Å². The van der Waals surface area contributed by atoms with E-state index in [9.17, 15) is 0 Å². The first kappa shape index (κ1) is 40.0. The SMILES string of the molecule is CN(C)C(NC(=NC1CCCCC1)NC1CCCCC1)=[N+](C)C.Clc1cccc([B-](c2cccc(Cl)c2)(c2cccc(Cl)c2)c2cccc(Cl)c2)c1. The summed E-state index contributed by atoms with van der Waals surface area (Å²) in [5.74, 6) is 2.05. The van der Waals surface area contributed by atoms with Crippen LogP contribution >= 0.6 is 46.4 Å². The van der Waals surface area contributed by atoms with E-state index in [1.807, 2.05) is 72.8 Å².